The van der Waals surface area contributed by atoms with Crippen LogP contribution in [0.2, 0.25) is 0 Å². The fourth-order valence-corrected chi connectivity index (χ4v) is 3.96. The molecule has 3 aromatic rings. The number of methoxy groups -OCH3 is 1. The molecular weight excluding hydrogens is 418 g/mol. The monoisotopic (exact) mass is 443 g/mol. The average molecular weight is 444 g/mol. The fraction of sp³-hybridized carbons (Fsp3) is 0.192. The molecule has 2 aromatic carbocycles. The van der Waals surface area contributed by atoms with E-state index in [9.17, 15) is 14.7 Å². The number of hydrogen-bond donors (Lipinski definition) is 1. The number of aliphatic hydroxyl groups is 1. The number of likely N-dealkylation sites (tertiary alicyclic amines) is 1. The second-order valence-electron chi connectivity index (χ2n) is 8.00. The summed E-state index contributed by atoms with van der Waals surface area (Å²) in [6.45, 7) is 0.210. The molecule has 4 rings (SSSR count). The molecule has 7 heteroatoms. The number of aromatic nitrogens is 1. The lowest BCUT2D eigenvalue weighted by Crippen LogP contribution is -2.29. The summed E-state index contributed by atoms with van der Waals surface area (Å²) in [6, 6.07) is 17.3. The molecule has 1 atom stereocenters. The van der Waals surface area contributed by atoms with E-state index in [0.717, 1.165) is 16.8 Å². The highest BCUT2D eigenvalue weighted by Gasteiger charge is 2.46. The van der Waals surface area contributed by atoms with Gasteiger partial charge in [0.1, 0.15) is 11.5 Å². The molecule has 0 bridgehead atoms. The molecule has 0 aliphatic carbocycles. The van der Waals surface area contributed by atoms with Crippen molar-refractivity contribution in [3.63, 3.8) is 0 Å². The van der Waals surface area contributed by atoms with Crippen LogP contribution < -0.4 is 9.64 Å². The van der Waals surface area contributed by atoms with E-state index >= 15 is 0 Å². The molecule has 0 radical (unpaired) electrons. The van der Waals surface area contributed by atoms with Gasteiger partial charge in [-0.15, -0.1) is 0 Å². The number of anilines is 1. The second kappa shape index (κ2) is 9.16. The first-order chi connectivity index (χ1) is 15.9. The third-order valence-corrected chi connectivity index (χ3v) is 5.71. The summed E-state index contributed by atoms with van der Waals surface area (Å²) in [6.07, 6.45) is 3.28. The molecule has 1 fully saturated rings. The lowest BCUT2D eigenvalue weighted by molar-refractivity contribution is -0.140. The molecule has 1 saturated heterocycles. The van der Waals surface area contributed by atoms with E-state index in [-0.39, 0.29) is 17.9 Å². The van der Waals surface area contributed by atoms with E-state index in [1.807, 2.05) is 43.3 Å². The lowest BCUT2D eigenvalue weighted by atomic mass is 9.95. The van der Waals surface area contributed by atoms with E-state index in [1.54, 1.807) is 48.8 Å². The number of carbonyl (C=O) groups excluding carboxylic acids is 2. The van der Waals surface area contributed by atoms with Crippen molar-refractivity contribution in [3.8, 4) is 5.75 Å². The smallest absolute Gasteiger partial charge is 0.295 e. The molecule has 1 aromatic heterocycles. The van der Waals surface area contributed by atoms with Gasteiger partial charge in [0.2, 0.25) is 0 Å². The molecule has 1 amide bonds. The third-order valence-electron chi connectivity index (χ3n) is 5.71. The van der Waals surface area contributed by atoms with Gasteiger partial charge in [0.25, 0.3) is 11.7 Å². The number of aliphatic hydroxyl groups excluding tert-OH is 1. The number of ketones is 1. The summed E-state index contributed by atoms with van der Waals surface area (Å²) in [7, 11) is 5.40. The van der Waals surface area contributed by atoms with Crippen LogP contribution in [0, 0.1) is 0 Å². The number of ether oxygens (including phenoxy) is 1. The van der Waals surface area contributed by atoms with Gasteiger partial charge in [-0.3, -0.25) is 14.6 Å². The summed E-state index contributed by atoms with van der Waals surface area (Å²) >= 11 is 0. The highest BCUT2D eigenvalue weighted by atomic mass is 16.5. The van der Waals surface area contributed by atoms with Gasteiger partial charge in [0.15, 0.2) is 0 Å². The molecular formula is C26H25N3O4. The van der Waals surface area contributed by atoms with Crippen LogP contribution >= 0.6 is 0 Å². The second-order valence-corrected chi connectivity index (χ2v) is 8.00. The zero-order valence-electron chi connectivity index (χ0n) is 18.7. The first-order valence-electron chi connectivity index (χ1n) is 10.5. The molecule has 33 heavy (non-hydrogen) atoms. The van der Waals surface area contributed by atoms with Crippen LogP contribution in [0.25, 0.3) is 5.76 Å². The quantitative estimate of drug-likeness (QED) is 0.355. The topological polar surface area (TPSA) is 83.0 Å². The maximum Gasteiger partial charge on any atom is 0.295 e. The zero-order valence-corrected chi connectivity index (χ0v) is 18.7. The van der Waals surface area contributed by atoms with Crippen LogP contribution in [0.15, 0.2) is 78.6 Å². The van der Waals surface area contributed by atoms with Gasteiger partial charge in [-0.25, -0.2) is 0 Å². The van der Waals surface area contributed by atoms with Crippen LogP contribution in [-0.4, -0.2) is 47.9 Å². The van der Waals surface area contributed by atoms with E-state index in [0.29, 0.717) is 11.3 Å². The van der Waals surface area contributed by atoms with Crippen molar-refractivity contribution in [1.82, 2.24) is 9.88 Å². The number of rotatable bonds is 6. The molecule has 168 valence electrons. The predicted octanol–water partition coefficient (Wildman–Crippen LogP) is 3.78. The summed E-state index contributed by atoms with van der Waals surface area (Å²) < 4.78 is 5.26. The number of amides is 1. The van der Waals surface area contributed by atoms with Crippen molar-refractivity contribution in [2.45, 2.75) is 12.6 Å². The fourth-order valence-electron chi connectivity index (χ4n) is 3.96. The van der Waals surface area contributed by atoms with Gasteiger partial charge in [0.05, 0.1) is 18.7 Å². The molecule has 1 aliphatic rings. The van der Waals surface area contributed by atoms with E-state index in [1.165, 1.54) is 12.0 Å². The number of nitrogens with zero attached hydrogens (tertiary/aromatic N) is 3. The van der Waals surface area contributed by atoms with Crippen molar-refractivity contribution < 1.29 is 19.4 Å². The Morgan fingerprint density at radius 3 is 2.39 bits per heavy atom. The third kappa shape index (κ3) is 4.30. The highest BCUT2D eigenvalue weighted by Crippen LogP contribution is 2.41. The van der Waals surface area contributed by atoms with E-state index in [2.05, 4.69) is 4.98 Å². The maximum absolute atomic E-state index is 13.2. The van der Waals surface area contributed by atoms with Gasteiger partial charge in [-0.2, -0.15) is 0 Å². The van der Waals surface area contributed by atoms with Crippen LogP contribution in [-0.2, 0) is 16.1 Å². The average Bonchev–Trinajstić information content (AvgIpc) is 3.09. The molecule has 7 nitrogen and oxygen atoms in total. The largest absolute Gasteiger partial charge is 0.507 e. The Bertz CT molecular complexity index is 1200. The van der Waals surface area contributed by atoms with Gasteiger partial charge < -0.3 is 19.6 Å². The Balaban J connectivity index is 1.85. The number of carbonyl (C=O) groups is 2. The standard InChI is InChI=1S/C26H25N3O4/c1-28(2)20-9-7-18(8-10-20)23-22(24(30)19-5-4-6-21(15-19)33-3)25(31)26(32)29(23)16-17-11-13-27-14-12-17/h4-15,23,30H,16H2,1-3H3. The Labute approximate surface area is 192 Å². The molecule has 0 spiro atoms. The Kier molecular flexibility index (Phi) is 6.13. The minimum absolute atomic E-state index is 0.0555. The minimum Gasteiger partial charge on any atom is -0.507 e. The predicted molar refractivity (Wildman–Crippen MR) is 126 cm³/mol. The molecule has 0 saturated carbocycles. The van der Waals surface area contributed by atoms with Crippen molar-refractivity contribution in [2.75, 3.05) is 26.1 Å². The molecule has 2 heterocycles. The molecule has 1 N–H and O–H groups in total. The highest BCUT2D eigenvalue weighted by molar-refractivity contribution is 6.46. The number of hydrogen-bond acceptors (Lipinski definition) is 6. The summed E-state index contributed by atoms with van der Waals surface area (Å²) in [4.78, 5) is 33.8. The SMILES string of the molecule is COc1cccc(C(O)=C2C(=O)C(=O)N(Cc3ccncc3)C2c2ccc(N(C)C)cc2)c1. The van der Waals surface area contributed by atoms with Crippen molar-refractivity contribution in [3.05, 3.63) is 95.3 Å². The van der Waals surface area contributed by atoms with Crippen molar-refractivity contribution in [2.24, 2.45) is 0 Å². The van der Waals surface area contributed by atoms with Gasteiger partial charge in [-0.1, -0.05) is 24.3 Å². The molecule has 1 unspecified atom stereocenters. The van der Waals surface area contributed by atoms with Crippen LogP contribution in [0.4, 0.5) is 5.69 Å². The molecule has 1 aliphatic heterocycles. The van der Waals surface area contributed by atoms with Crippen LogP contribution in [0.5, 0.6) is 5.75 Å². The van der Waals surface area contributed by atoms with Crippen molar-refractivity contribution >= 4 is 23.1 Å². The normalized spacial score (nSPS) is 17.3. The Morgan fingerprint density at radius 2 is 1.76 bits per heavy atom. The van der Waals surface area contributed by atoms with Gasteiger partial charge >= 0.3 is 0 Å². The van der Waals surface area contributed by atoms with Gasteiger partial charge in [0, 0.05) is 44.3 Å². The van der Waals surface area contributed by atoms with Crippen LogP contribution in [0.1, 0.15) is 22.7 Å². The summed E-state index contributed by atoms with van der Waals surface area (Å²) in [5.74, 6) is -1.06. The Morgan fingerprint density at radius 1 is 1.06 bits per heavy atom. The first kappa shape index (κ1) is 22.1. The maximum atomic E-state index is 13.2. The zero-order chi connectivity index (χ0) is 23.5. The Hall–Kier alpha value is -4.13. The lowest BCUT2D eigenvalue weighted by Gasteiger charge is -2.26. The number of benzene rings is 2. The summed E-state index contributed by atoms with van der Waals surface area (Å²) in [5.41, 5.74) is 3.02. The van der Waals surface area contributed by atoms with Crippen LogP contribution in [0.3, 0.4) is 0 Å². The van der Waals surface area contributed by atoms with Crippen molar-refractivity contribution in [1.29, 1.82) is 0 Å². The number of Topliss-reactive ketones (excluding diaryl/α,β-unsaturated/α-hetero) is 1. The number of pyridine rings is 1. The first-order valence-corrected chi connectivity index (χ1v) is 10.5. The minimum atomic E-state index is -0.736. The summed E-state index contributed by atoms with van der Waals surface area (Å²) in [5, 5.41) is 11.2. The van der Waals surface area contributed by atoms with Gasteiger partial charge in [-0.05, 0) is 47.5 Å². The van der Waals surface area contributed by atoms with E-state index < -0.39 is 17.7 Å². The van der Waals surface area contributed by atoms with E-state index in [4.69, 9.17) is 4.74 Å².